The van der Waals surface area contributed by atoms with E-state index >= 15 is 0 Å². The molecule has 0 fully saturated rings. The van der Waals surface area contributed by atoms with Crippen LogP contribution in [0.1, 0.15) is 29.0 Å². The molecule has 0 bridgehead atoms. The Kier molecular flexibility index (Phi) is 4.44. The van der Waals surface area contributed by atoms with Crippen LogP contribution in [0.4, 0.5) is 11.4 Å². The molecule has 3 aromatic rings. The number of hydrogen-bond acceptors (Lipinski definition) is 4. The van der Waals surface area contributed by atoms with Crippen molar-refractivity contribution in [3.05, 3.63) is 104 Å². The van der Waals surface area contributed by atoms with E-state index in [0.717, 1.165) is 26.9 Å². The number of ether oxygens (including phenoxy) is 1. The predicted molar refractivity (Wildman–Crippen MR) is 103 cm³/mol. The van der Waals surface area contributed by atoms with E-state index in [1.165, 1.54) is 12.1 Å². The van der Waals surface area contributed by atoms with Crippen LogP contribution in [-0.2, 0) is 4.74 Å². The first-order chi connectivity index (χ1) is 12.6. The number of hydrogen-bond donors (Lipinski definition) is 1. The van der Waals surface area contributed by atoms with Crippen LogP contribution >= 0.6 is 15.9 Å². The lowest BCUT2D eigenvalue weighted by Crippen LogP contribution is -2.25. The van der Waals surface area contributed by atoms with E-state index in [9.17, 15) is 10.1 Å². The van der Waals surface area contributed by atoms with Crippen LogP contribution in [0.3, 0.4) is 0 Å². The van der Waals surface area contributed by atoms with Gasteiger partial charge in [0.25, 0.3) is 5.69 Å². The van der Waals surface area contributed by atoms with Gasteiger partial charge in [0.05, 0.1) is 4.92 Å². The van der Waals surface area contributed by atoms with Crippen molar-refractivity contribution < 1.29 is 9.66 Å². The van der Waals surface area contributed by atoms with E-state index in [4.69, 9.17) is 4.74 Å². The van der Waals surface area contributed by atoms with E-state index in [0.29, 0.717) is 0 Å². The van der Waals surface area contributed by atoms with Gasteiger partial charge < -0.3 is 10.1 Å². The van der Waals surface area contributed by atoms with Crippen LogP contribution in [0.2, 0.25) is 0 Å². The molecule has 2 atom stereocenters. The third kappa shape index (κ3) is 3.21. The van der Waals surface area contributed by atoms with Gasteiger partial charge >= 0.3 is 0 Å². The molecule has 0 spiro atoms. The number of halogens is 1. The highest BCUT2D eigenvalue weighted by molar-refractivity contribution is 9.10. The second kappa shape index (κ2) is 6.90. The molecule has 1 aliphatic heterocycles. The van der Waals surface area contributed by atoms with Crippen LogP contribution in [0.25, 0.3) is 0 Å². The number of nitro groups is 1. The van der Waals surface area contributed by atoms with Crippen molar-refractivity contribution in [2.45, 2.75) is 12.3 Å². The molecule has 3 aromatic carbocycles. The van der Waals surface area contributed by atoms with Crippen LogP contribution in [0.15, 0.2) is 77.3 Å². The van der Waals surface area contributed by atoms with Crippen molar-refractivity contribution in [1.82, 2.24) is 0 Å². The van der Waals surface area contributed by atoms with E-state index in [-0.39, 0.29) is 11.8 Å². The lowest BCUT2D eigenvalue weighted by Gasteiger charge is -2.34. The quantitative estimate of drug-likeness (QED) is 0.451. The molecule has 0 saturated heterocycles. The number of nitro benzene ring substituents is 1. The molecule has 130 valence electrons. The highest BCUT2D eigenvalue weighted by atomic mass is 79.9. The second-order valence-electron chi connectivity index (χ2n) is 6.03. The monoisotopic (exact) mass is 410 g/mol. The van der Waals surface area contributed by atoms with Crippen molar-refractivity contribution in [3.63, 3.8) is 0 Å². The molecule has 26 heavy (non-hydrogen) atoms. The molecule has 0 amide bonds. The minimum absolute atomic E-state index is 0.0634. The largest absolute Gasteiger partial charge is 0.356 e. The van der Waals surface area contributed by atoms with Crippen molar-refractivity contribution in [1.29, 1.82) is 0 Å². The van der Waals surface area contributed by atoms with Crippen molar-refractivity contribution in [2.75, 3.05) is 5.32 Å². The molecule has 0 aromatic heterocycles. The first-order valence-electron chi connectivity index (χ1n) is 8.12. The Morgan fingerprint density at radius 1 is 0.962 bits per heavy atom. The summed E-state index contributed by atoms with van der Waals surface area (Å²) in [5.74, 6) is 0. The van der Waals surface area contributed by atoms with E-state index in [2.05, 4.69) is 21.2 Å². The van der Waals surface area contributed by atoms with E-state index < -0.39 is 11.2 Å². The predicted octanol–water partition coefficient (Wildman–Crippen LogP) is 5.59. The Morgan fingerprint density at radius 2 is 1.69 bits per heavy atom. The van der Waals surface area contributed by atoms with Gasteiger partial charge in [-0.3, -0.25) is 10.1 Å². The number of nitrogens with one attached hydrogen (secondary N) is 1. The zero-order valence-corrected chi connectivity index (χ0v) is 15.2. The standard InChI is InChI=1S/C20H15BrN2O3/c21-15-8-11-18-17(12-15)19(13-4-2-1-3-5-13)26-20(22-18)14-6-9-16(10-7-14)23(24)25/h1-12,19-20,22H/t19-,20+/m1/s1. The Labute approximate surface area is 158 Å². The molecule has 4 rings (SSSR count). The molecule has 0 aliphatic carbocycles. The van der Waals surface area contributed by atoms with Crippen molar-refractivity contribution >= 4 is 27.3 Å². The van der Waals surface area contributed by atoms with Gasteiger partial charge in [-0.05, 0) is 35.9 Å². The van der Waals surface area contributed by atoms with Gasteiger partial charge in [-0.1, -0.05) is 46.3 Å². The summed E-state index contributed by atoms with van der Waals surface area (Å²) >= 11 is 3.52. The fourth-order valence-electron chi connectivity index (χ4n) is 3.09. The maximum atomic E-state index is 10.9. The summed E-state index contributed by atoms with van der Waals surface area (Å²) in [4.78, 5) is 10.5. The molecule has 1 heterocycles. The van der Waals surface area contributed by atoms with Gasteiger partial charge in [-0.2, -0.15) is 0 Å². The maximum Gasteiger partial charge on any atom is 0.269 e. The summed E-state index contributed by atoms with van der Waals surface area (Å²) < 4.78 is 7.32. The molecule has 1 aliphatic rings. The number of fused-ring (bicyclic) bond motifs is 1. The highest BCUT2D eigenvalue weighted by Gasteiger charge is 2.29. The molecular weight excluding hydrogens is 396 g/mol. The summed E-state index contributed by atoms with van der Waals surface area (Å²) in [5, 5.41) is 14.3. The molecule has 5 nitrogen and oxygen atoms in total. The number of rotatable bonds is 3. The number of benzene rings is 3. The first kappa shape index (κ1) is 16.8. The molecule has 6 heteroatoms. The zero-order chi connectivity index (χ0) is 18.1. The van der Waals surface area contributed by atoms with E-state index in [1.807, 2.05) is 48.5 Å². The minimum Gasteiger partial charge on any atom is -0.356 e. The molecule has 0 radical (unpaired) electrons. The molecule has 0 unspecified atom stereocenters. The number of non-ortho nitro benzene ring substituents is 1. The first-order valence-corrected chi connectivity index (χ1v) is 8.92. The Morgan fingerprint density at radius 3 is 2.38 bits per heavy atom. The SMILES string of the molecule is O=[N+]([O-])c1ccc([C@H]2Nc3ccc(Br)cc3[C@@H](c3ccccc3)O2)cc1. The van der Waals surface area contributed by atoms with Crippen LogP contribution in [-0.4, -0.2) is 4.92 Å². The highest BCUT2D eigenvalue weighted by Crippen LogP contribution is 2.42. The molecule has 0 saturated carbocycles. The van der Waals surface area contributed by atoms with Crippen LogP contribution < -0.4 is 5.32 Å². The lowest BCUT2D eigenvalue weighted by molar-refractivity contribution is -0.384. The zero-order valence-electron chi connectivity index (χ0n) is 13.6. The Balaban J connectivity index is 1.73. The summed E-state index contributed by atoms with van der Waals surface area (Å²) in [6.07, 6.45) is -0.625. The topological polar surface area (TPSA) is 64.4 Å². The summed E-state index contributed by atoms with van der Waals surface area (Å²) in [5.41, 5.74) is 3.99. The van der Waals surface area contributed by atoms with E-state index in [1.54, 1.807) is 12.1 Å². The minimum atomic E-state index is -0.404. The average Bonchev–Trinajstić information content (AvgIpc) is 2.68. The number of anilines is 1. The van der Waals surface area contributed by atoms with Gasteiger partial charge in [-0.15, -0.1) is 0 Å². The summed E-state index contributed by atoms with van der Waals surface area (Å²) in [6, 6.07) is 22.5. The van der Waals surface area contributed by atoms with Gasteiger partial charge in [0.2, 0.25) is 0 Å². The maximum absolute atomic E-state index is 10.9. The van der Waals surface area contributed by atoms with Crippen molar-refractivity contribution in [2.24, 2.45) is 0 Å². The summed E-state index contributed by atoms with van der Waals surface area (Å²) in [7, 11) is 0. The molecule has 1 N–H and O–H groups in total. The third-order valence-corrected chi connectivity index (χ3v) is 4.86. The van der Waals surface area contributed by atoms with Crippen LogP contribution in [0.5, 0.6) is 0 Å². The smallest absolute Gasteiger partial charge is 0.269 e. The fourth-order valence-corrected chi connectivity index (χ4v) is 3.46. The second-order valence-corrected chi connectivity index (χ2v) is 6.95. The lowest BCUT2D eigenvalue weighted by atomic mass is 9.97. The summed E-state index contributed by atoms with van der Waals surface area (Å²) in [6.45, 7) is 0. The van der Waals surface area contributed by atoms with Crippen molar-refractivity contribution in [3.8, 4) is 0 Å². The normalized spacial score (nSPS) is 18.7. The van der Waals surface area contributed by atoms with Gasteiger partial charge in [0.15, 0.2) is 6.23 Å². The number of nitrogens with zero attached hydrogens (tertiary/aromatic N) is 1. The Hall–Kier alpha value is -2.70. The van der Waals surface area contributed by atoms with Crippen LogP contribution in [0, 0.1) is 10.1 Å². The van der Waals surface area contributed by atoms with Gasteiger partial charge in [-0.25, -0.2) is 0 Å². The average molecular weight is 411 g/mol. The fraction of sp³-hybridized carbons (Fsp3) is 0.100. The van der Waals surface area contributed by atoms with Gasteiger partial charge in [0.1, 0.15) is 6.10 Å². The Bertz CT molecular complexity index is 945. The van der Waals surface area contributed by atoms with Gasteiger partial charge in [0, 0.05) is 33.4 Å². The molecular formula is C20H15BrN2O3. The third-order valence-electron chi connectivity index (χ3n) is 4.36.